The summed E-state index contributed by atoms with van der Waals surface area (Å²) in [6.07, 6.45) is 0. The van der Waals surface area contributed by atoms with Crippen molar-refractivity contribution in [3.8, 4) is 50.6 Å². The van der Waals surface area contributed by atoms with E-state index in [-0.39, 0.29) is 0 Å². The molecule has 3 N–H and O–H groups in total. The Morgan fingerprint density at radius 1 is 0.467 bits per heavy atom. The summed E-state index contributed by atoms with van der Waals surface area (Å²) in [6, 6.07) is 16.6. The van der Waals surface area contributed by atoms with Crippen LogP contribution in [0.5, 0.6) is 17.2 Å². The van der Waals surface area contributed by atoms with Crippen LogP contribution in [0, 0.1) is 41.5 Å². The second-order valence-corrected chi connectivity index (χ2v) is 11.0. The largest absolute Gasteiger partial charge is 0.481 e. The SMILES string of the molecule is Cc1ccc(OCC(=O)O)c(-c2c(C)c(-c3cc(C)ccc3OCC(=O)O)c(C)c(-c3cc(C)ccc3OCC(=O)O)c2C)c1. The third-order valence-electron chi connectivity index (χ3n) is 7.52. The monoisotopic (exact) mass is 612 g/mol. The molecule has 4 aromatic rings. The van der Waals surface area contributed by atoms with Gasteiger partial charge in [-0.1, -0.05) is 34.9 Å². The Labute approximate surface area is 261 Å². The van der Waals surface area contributed by atoms with Crippen LogP contribution >= 0.6 is 0 Å². The topological polar surface area (TPSA) is 140 Å². The molecule has 0 amide bonds. The summed E-state index contributed by atoms with van der Waals surface area (Å²) in [5, 5.41) is 28.1. The fraction of sp³-hybridized carbons (Fsp3) is 0.250. The first-order valence-corrected chi connectivity index (χ1v) is 14.3. The molecule has 45 heavy (non-hydrogen) atoms. The highest BCUT2D eigenvalue weighted by molar-refractivity contribution is 5.95. The number of rotatable bonds is 12. The number of ether oxygens (including phenoxy) is 3. The Balaban J connectivity index is 2.16. The molecule has 0 aliphatic carbocycles. The molecule has 0 aliphatic heterocycles. The highest BCUT2D eigenvalue weighted by atomic mass is 16.5. The first-order chi connectivity index (χ1) is 21.3. The van der Waals surface area contributed by atoms with Crippen molar-refractivity contribution in [3.05, 3.63) is 88.0 Å². The van der Waals surface area contributed by atoms with Crippen LogP contribution in [0.1, 0.15) is 33.4 Å². The summed E-state index contributed by atoms with van der Waals surface area (Å²) in [5.74, 6) is -2.19. The van der Waals surface area contributed by atoms with Crippen molar-refractivity contribution >= 4 is 17.9 Å². The van der Waals surface area contributed by atoms with Crippen molar-refractivity contribution in [2.75, 3.05) is 19.8 Å². The van der Waals surface area contributed by atoms with E-state index in [2.05, 4.69) is 0 Å². The lowest BCUT2D eigenvalue weighted by Crippen LogP contribution is -2.12. The zero-order chi connectivity index (χ0) is 33.0. The molecule has 4 aromatic carbocycles. The van der Waals surface area contributed by atoms with Crippen molar-refractivity contribution in [1.82, 2.24) is 0 Å². The molecular formula is C36H36O9. The molecule has 0 heterocycles. The van der Waals surface area contributed by atoms with Gasteiger partial charge in [0.05, 0.1) is 0 Å². The van der Waals surface area contributed by atoms with Gasteiger partial charge in [-0.25, -0.2) is 14.4 Å². The van der Waals surface area contributed by atoms with Crippen LogP contribution < -0.4 is 14.2 Å². The van der Waals surface area contributed by atoms with Crippen LogP contribution in [-0.2, 0) is 14.4 Å². The Bertz CT molecular complexity index is 1570. The molecule has 0 bridgehead atoms. The van der Waals surface area contributed by atoms with E-state index in [0.29, 0.717) is 33.9 Å². The van der Waals surface area contributed by atoms with Gasteiger partial charge in [0.15, 0.2) is 19.8 Å². The van der Waals surface area contributed by atoms with Gasteiger partial charge in [-0.2, -0.15) is 0 Å². The standard InChI is InChI=1S/C36H36O9/c1-19-7-10-28(43-16-31(37)38)25(13-19)34-22(4)35(26-14-20(2)8-11-29(26)44-17-32(39)40)24(6)36(23(34)5)27-15-21(3)9-12-30(27)45-18-33(41)42/h7-15H,16-18H2,1-6H3,(H,37,38)(H,39,40)(H,41,42). The van der Waals surface area contributed by atoms with Gasteiger partial charge in [-0.05, 0) is 111 Å². The molecule has 0 radical (unpaired) electrons. The second-order valence-electron chi connectivity index (χ2n) is 11.0. The van der Waals surface area contributed by atoms with E-state index in [1.807, 2.05) is 77.9 Å². The van der Waals surface area contributed by atoms with Crippen molar-refractivity contribution in [2.24, 2.45) is 0 Å². The number of hydrogen-bond donors (Lipinski definition) is 3. The maximum Gasteiger partial charge on any atom is 0.341 e. The zero-order valence-electron chi connectivity index (χ0n) is 26.1. The molecule has 0 spiro atoms. The average molecular weight is 613 g/mol. The maximum atomic E-state index is 11.5. The number of aliphatic carboxylic acids is 3. The van der Waals surface area contributed by atoms with Gasteiger partial charge in [0.1, 0.15) is 17.2 Å². The quantitative estimate of drug-likeness (QED) is 0.155. The Morgan fingerprint density at radius 3 is 0.933 bits per heavy atom. The van der Waals surface area contributed by atoms with Crippen LogP contribution in [0.4, 0.5) is 0 Å². The Kier molecular flexibility index (Phi) is 9.82. The smallest absolute Gasteiger partial charge is 0.341 e. The molecule has 0 aromatic heterocycles. The van der Waals surface area contributed by atoms with Gasteiger partial charge >= 0.3 is 17.9 Å². The number of carbonyl (C=O) groups is 3. The van der Waals surface area contributed by atoms with Crippen LogP contribution in [0.3, 0.4) is 0 Å². The molecule has 0 atom stereocenters. The third kappa shape index (κ3) is 7.26. The fourth-order valence-electron chi connectivity index (χ4n) is 5.74. The summed E-state index contributed by atoms with van der Waals surface area (Å²) in [4.78, 5) is 34.4. The molecule has 0 unspecified atom stereocenters. The van der Waals surface area contributed by atoms with E-state index >= 15 is 0 Å². The predicted octanol–water partition coefficient (Wildman–Crippen LogP) is 6.93. The minimum Gasteiger partial charge on any atom is -0.481 e. The first kappa shape index (κ1) is 32.6. The first-order valence-electron chi connectivity index (χ1n) is 14.3. The second kappa shape index (κ2) is 13.5. The van der Waals surface area contributed by atoms with Gasteiger partial charge in [0, 0.05) is 16.7 Å². The highest BCUT2D eigenvalue weighted by Crippen LogP contribution is 2.49. The van der Waals surface area contributed by atoms with Gasteiger partial charge in [-0.15, -0.1) is 0 Å². The van der Waals surface area contributed by atoms with Gasteiger partial charge in [0.25, 0.3) is 0 Å². The normalized spacial score (nSPS) is 10.8. The molecule has 0 fully saturated rings. The molecule has 0 saturated carbocycles. The number of benzene rings is 4. The fourth-order valence-corrected chi connectivity index (χ4v) is 5.74. The van der Waals surface area contributed by atoms with E-state index in [4.69, 9.17) is 14.2 Å². The van der Waals surface area contributed by atoms with Crippen LogP contribution in [0.15, 0.2) is 54.6 Å². The predicted molar refractivity (Wildman–Crippen MR) is 171 cm³/mol. The van der Waals surface area contributed by atoms with Gasteiger partial charge in [-0.3, -0.25) is 0 Å². The highest BCUT2D eigenvalue weighted by Gasteiger charge is 2.26. The van der Waals surface area contributed by atoms with Crippen molar-refractivity contribution in [1.29, 1.82) is 0 Å². The van der Waals surface area contributed by atoms with E-state index in [0.717, 1.165) is 50.1 Å². The lowest BCUT2D eigenvalue weighted by atomic mass is 9.79. The lowest BCUT2D eigenvalue weighted by molar-refractivity contribution is -0.140. The Hall–Kier alpha value is -5.31. The summed E-state index contributed by atoms with van der Waals surface area (Å²) < 4.78 is 17.3. The van der Waals surface area contributed by atoms with Crippen LogP contribution in [0.2, 0.25) is 0 Å². The third-order valence-corrected chi connectivity index (χ3v) is 7.52. The zero-order valence-corrected chi connectivity index (χ0v) is 26.1. The molecule has 9 heteroatoms. The number of hydrogen-bond acceptors (Lipinski definition) is 6. The van der Waals surface area contributed by atoms with E-state index in [1.54, 1.807) is 18.2 Å². The van der Waals surface area contributed by atoms with Crippen molar-refractivity contribution in [2.45, 2.75) is 41.5 Å². The molecule has 0 saturated heterocycles. The average Bonchev–Trinajstić information content (AvgIpc) is 2.95. The van der Waals surface area contributed by atoms with Gasteiger partial charge < -0.3 is 29.5 Å². The van der Waals surface area contributed by atoms with E-state index in [9.17, 15) is 29.7 Å². The Morgan fingerprint density at radius 2 is 0.711 bits per heavy atom. The van der Waals surface area contributed by atoms with Crippen LogP contribution in [-0.4, -0.2) is 53.0 Å². The number of carboxylic acid groups (broad SMARTS) is 3. The number of aryl methyl sites for hydroxylation is 3. The van der Waals surface area contributed by atoms with Gasteiger partial charge in [0.2, 0.25) is 0 Å². The maximum absolute atomic E-state index is 11.5. The van der Waals surface area contributed by atoms with E-state index in [1.165, 1.54) is 0 Å². The summed E-state index contributed by atoms with van der Waals surface area (Å²) in [7, 11) is 0. The molecule has 234 valence electrons. The molecular weight excluding hydrogens is 576 g/mol. The minimum absolute atomic E-state index is 0.383. The number of carboxylic acids is 3. The van der Waals surface area contributed by atoms with Crippen molar-refractivity contribution < 1.29 is 43.9 Å². The van der Waals surface area contributed by atoms with Crippen LogP contribution in [0.25, 0.3) is 33.4 Å². The summed E-state index contributed by atoms with van der Waals surface area (Å²) >= 11 is 0. The van der Waals surface area contributed by atoms with E-state index < -0.39 is 37.7 Å². The lowest BCUT2D eigenvalue weighted by Gasteiger charge is -2.26. The summed E-state index contributed by atoms with van der Waals surface area (Å²) in [6.45, 7) is 10.1. The molecule has 9 nitrogen and oxygen atoms in total. The van der Waals surface area contributed by atoms with Crippen molar-refractivity contribution in [3.63, 3.8) is 0 Å². The minimum atomic E-state index is -1.11. The molecule has 0 aliphatic rings. The summed E-state index contributed by atoms with van der Waals surface area (Å²) in [5.41, 5.74) is 9.68. The molecule has 4 rings (SSSR count).